The van der Waals surface area contributed by atoms with E-state index in [-0.39, 0.29) is 18.0 Å². The van der Waals surface area contributed by atoms with Gasteiger partial charge in [-0.1, -0.05) is 12.1 Å². The number of aliphatic hydroxyl groups excluding tert-OH is 3. The van der Waals surface area contributed by atoms with Gasteiger partial charge in [-0.2, -0.15) is 0 Å². The summed E-state index contributed by atoms with van der Waals surface area (Å²) in [6.07, 6.45) is -1.63. The lowest BCUT2D eigenvalue weighted by atomic mass is 10.1. The Labute approximate surface area is 182 Å². The van der Waals surface area contributed by atoms with Gasteiger partial charge in [0.25, 0.3) is 0 Å². The molecule has 5 atom stereocenters. The van der Waals surface area contributed by atoms with Crippen molar-refractivity contribution in [1.82, 2.24) is 19.5 Å². The van der Waals surface area contributed by atoms with Crippen LogP contribution in [0, 0.1) is 0 Å². The average molecular weight is 445 g/mol. The number of rotatable bonds is 7. The maximum Gasteiger partial charge on any atom is 0.328 e. The highest BCUT2D eigenvalue weighted by Crippen LogP contribution is 2.32. The maximum absolute atomic E-state index is 12.4. The number of aromatic nitrogens is 4. The molecular weight excluding hydrogens is 422 g/mol. The number of esters is 1. The van der Waals surface area contributed by atoms with E-state index in [9.17, 15) is 25.2 Å². The molecule has 0 aliphatic carbocycles. The molecule has 0 bridgehead atoms. The van der Waals surface area contributed by atoms with Gasteiger partial charge in [0.2, 0.25) is 0 Å². The third-order valence-electron chi connectivity index (χ3n) is 5.32. The molecule has 1 aromatic carbocycles. The fraction of sp³-hybridized carbons (Fsp3) is 0.400. The van der Waals surface area contributed by atoms with Crippen LogP contribution in [0.5, 0.6) is 5.75 Å². The predicted molar refractivity (Wildman–Crippen MR) is 110 cm³/mol. The molecule has 1 fully saturated rings. The molecule has 170 valence electrons. The van der Waals surface area contributed by atoms with Gasteiger partial charge in [0.05, 0.1) is 20.0 Å². The van der Waals surface area contributed by atoms with E-state index in [0.29, 0.717) is 11.2 Å². The summed E-state index contributed by atoms with van der Waals surface area (Å²) in [7, 11) is 1.28. The second-order valence-corrected chi connectivity index (χ2v) is 7.37. The Morgan fingerprint density at radius 1 is 1.22 bits per heavy atom. The summed E-state index contributed by atoms with van der Waals surface area (Å²) in [5, 5.41) is 42.2. The number of hydrogen-bond acceptors (Lipinski definition) is 11. The van der Waals surface area contributed by atoms with Gasteiger partial charge in [-0.05, 0) is 17.7 Å². The van der Waals surface area contributed by atoms with Gasteiger partial charge in [0.15, 0.2) is 23.2 Å². The number of carbonyl (C=O) groups is 1. The van der Waals surface area contributed by atoms with Crippen molar-refractivity contribution in [1.29, 1.82) is 0 Å². The minimum atomic E-state index is -1.30. The van der Waals surface area contributed by atoms with Crippen LogP contribution < -0.4 is 5.32 Å². The zero-order chi connectivity index (χ0) is 22.8. The van der Waals surface area contributed by atoms with Crippen molar-refractivity contribution in [3.63, 3.8) is 0 Å². The molecule has 0 saturated carbocycles. The minimum absolute atomic E-state index is 0.115. The first kappa shape index (κ1) is 21.9. The van der Waals surface area contributed by atoms with Crippen LogP contribution in [0.25, 0.3) is 11.2 Å². The summed E-state index contributed by atoms with van der Waals surface area (Å²) in [6.45, 7) is -0.457. The number of aromatic hydroxyl groups is 1. The van der Waals surface area contributed by atoms with E-state index in [4.69, 9.17) is 9.47 Å². The Morgan fingerprint density at radius 3 is 2.62 bits per heavy atom. The van der Waals surface area contributed by atoms with E-state index in [1.54, 1.807) is 12.1 Å². The summed E-state index contributed by atoms with van der Waals surface area (Å²) in [5.41, 5.74) is 1.39. The van der Waals surface area contributed by atoms with Gasteiger partial charge in [0.1, 0.15) is 36.4 Å². The van der Waals surface area contributed by atoms with Crippen molar-refractivity contribution in [3.05, 3.63) is 42.5 Å². The zero-order valence-electron chi connectivity index (χ0n) is 17.1. The molecule has 1 unspecified atom stereocenters. The van der Waals surface area contributed by atoms with Crippen LogP contribution in [-0.4, -0.2) is 84.0 Å². The largest absolute Gasteiger partial charge is 0.508 e. The van der Waals surface area contributed by atoms with Crippen LogP contribution in [0.15, 0.2) is 36.9 Å². The van der Waals surface area contributed by atoms with E-state index in [1.165, 1.54) is 36.5 Å². The first-order valence-corrected chi connectivity index (χ1v) is 9.85. The highest BCUT2D eigenvalue weighted by Gasteiger charge is 2.44. The molecule has 0 amide bonds. The molecule has 1 aliphatic rings. The Kier molecular flexibility index (Phi) is 6.19. The third kappa shape index (κ3) is 4.08. The number of ether oxygens (including phenoxy) is 2. The number of benzene rings is 1. The number of hydrogen-bond donors (Lipinski definition) is 5. The molecule has 12 heteroatoms. The number of imidazole rings is 1. The minimum Gasteiger partial charge on any atom is -0.508 e. The van der Waals surface area contributed by atoms with Crippen molar-refractivity contribution in [2.75, 3.05) is 19.0 Å². The number of anilines is 1. The van der Waals surface area contributed by atoms with E-state index < -0.39 is 43.2 Å². The number of nitrogens with one attached hydrogen (secondary N) is 1. The van der Waals surface area contributed by atoms with Crippen LogP contribution in [0.4, 0.5) is 5.82 Å². The second kappa shape index (κ2) is 9.04. The average Bonchev–Trinajstić information content (AvgIpc) is 3.35. The fourth-order valence-corrected chi connectivity index (χ4v) is 3.62. The van der Waals surface area contributed by atoms with Gasteiger partial charge in [0, 0.05) is 6.42 Å². The Balaban J connectivity index is 1.62. The van der Waals surface area contributed by atoms with Crippen molar-refractivity contribution >= 4 is 23.0 Å². The van der Waals surface area contributed by atoms with Crippen molar-refractivity contribution in [3.8, 4) is 5.75 Å². The molecule has 3 aromatic rings. The highest BCUT2D eigenvalue weighted by molar-refractivity contribution is 5.86. The summed E-state index contributed by atoms with van der Waals surface area (Å²) in [5.74, 6) is -0.147. The Morgan fingerprint density at radius 2 is 1.97 bits per heavy atom. The molecule has 4 rings (SSSR count). The monoisotopic (exact) mass is 445 g/mol. The van der Waals surface area contributed by atoms with Crippen molar-refractivity contribution in [2.45, 2.75) is 37.0 Å². The summed E-state index contributed by atoms with van der Waals surface area (Å²) < 4.78 is 11.9. The van der Waals surface area contributed by atoms with E-state index in [0.717, 1.165) is 5.56 Å². The second-order valence-electron chi connectivity index (χ2n) is 7.37. The molecule has 1 aliphatic heterocycles. The first-order valence-electron chi connectivity index (χ1n) is 9.85. The van der Waals surface area contributed by atoms with Crippen LogP contribution in [0.3, 0.4) is 0 Å². The van der Waals surface area contributed by atoms with Crippen LogP contribution in [0.1, 0.15) is 11.8 Å². The van der Waals surface area contributed by atoms with Crippen LogP contribution in [0.2, 0.25) is 0 Å². The fourth-order valence-electron chi connectivity index (χ4n) is 3.62. The SMILES string of the molecule is COC(=O)C(Cc1ccc(O)cc1)Nc1ncnc2c1ncn2[C@@H]1O[C@H](CO)[C@@H](O)[C@H]1O. The topological polar surface area (TPSA) is 172 Å². The molecular formula is C20H23N5O7. The number of fused-ring (bicyclic) bond motifs is 1. The molecule has 2 aromatic heterocycles. The maximum atomic E-state index is 12.4. The number of aliphatic hydroxyl groups is 3. The van der Waals surface area contributed by atoms with Gasteiger partial charge in [-0.15, -0.1) is 0 Å². The lowest BCUT2D eigenvalue weighted by Crippen LogP contribution is -2.33. The summed E-state index contributed by atoms with van der Waals surface area (Å²) in [4.78, 5) is 25.0. The number of phenolic OH excluding ortho intramolecular Hbond substituents is 1. The molecule has 0 radical (unpaired) electrons. The van der Waals surface area contributed by atoms with Gasteiger partial charge in [-0.3, -0.25) is 4.57 Å². The van der Waals surface area contributed by atoms with Gasteiger partial charge >= 0.3 is 5.97 Å². The zero-order valence-corrected chi connectivity index (χ0v) is 17.1. The van der Waals surface area contributed by atoms with E-state index in [1.807, 2.05) is 0 Å². The van der Waals surface area contributed by atoms with Gasteiger partial charge < -0.3 is 35.2 Å². The molecule has 0 spiro atoms. The molecule has 12 nitrogen and oxygen atoms in total. The molecule has 1 saturated heterocycles. The summed E-state index contributed by atoms with van der Waals surface area (Å²) in [6, 6.07) is 5.63. The molecule has 32 heavy (non-hydrogen) atoms. The smallest absolute Gasteiger partial charge is 0.328 e. The van der Waals surface area contributed by atoms with Gasteiger partial charge in [-0.25, -0.2) is 19.7 Å². The van der Waals surface area contributed by atoms with Crippen LogP contribution in [-0.2, 0) is 20.7 Å². The van der Waals surface area contributed by atoms with Crippen LogP contribution >= 0.6 is 0 Å². The number of phenols is 1. The highest BCUT2D eigenvalue weighted by atomic mass is 16.6. The lowest BCUT2D eigenvalue weighted by Gasteiger charge is -2.18. The van der Waals surface area contributed by atoms with Crippen molar-refractivity contribution < 1.29 is 34.7 Å². The standard InChI is InChI=1S/C20H23N5O7/c1-31-20(30)12(6-10-2-4-11(27)5-3-10)24-17-14-18(22-8-21-17)25(9-23-14)19-16(29)15(28)13(7-26)32-19/h2-5,8-9,12-13,15-16,19,26-29H,6-7H2,1H3,(H,21,22,24)/t12?,13-,15-,16-,19-/m1/s1. The predicted octanol–water partition coefficient (Wildman–Crippen LogP) is -0.660. The lowest BCUT2D eigenvalue weighted by molar-refractivity contribution is -0.141. The first-order chi connectivity index (χ1) is 15.4. The normalized spacial score (nSPS) is 23.9. The van der Waals surface area contributed by atoms with Crippen molar-refractivity contribution in [2.24, 2.45) is 0 Å². The van der Waals surface area contributed by atoms with E-state index >= 15 is 0 Å². The third-order valence-corrected chi connectivity index (χ3v) is 5.32. The molecule has 3 heterocycles. The Bertz CT molecular complexity index is 1090. The van der Waals surface area contributed by atoms with E-state index in [2.05, 4.69) is 20.3 Å². The number of carbonyl (C=O) groups excluding carboxylic acids is 1. The quantitative estimate of drug-likeness (QED) is 0.292. The molecule has 5 N–H and O–H groups in total. The number of nitrogens with zero attached hydrogens (tertiary/aromatic N) is 4. The Hall–Kier alpha value is -3.32. The number of methoxy groups -OCH3 is 1. The summed E-state index contributed by atoms with van der Waals surface area (Å²) >= 11 is 0.